The van der Waals surface area contributed by atoms with Crippen LogP contribution in [0, 0.1) is 11.8 Å². The number of ether oxygens (including phenoxy) is 1. The Bertz CT molecular complexity index is 1440. The minimum atomic E-state index is -1.06. The lowest BCUT2D eigenvalue weighted by atomic mass is 10.0. The minimum Gasteiger partial charge on any atom is -0.445 e. The van der Waals surface area contributed by atoms with E-state index in [2.05, 4.69) is 10.8 Å². The highest BCUT2D eigenvalue weighted by Crippen LogP contribution is 2.20. The number of carbonyl (C=O) groups is 4. The van der Waals surface area contributed by atoms with E-state index in [1.807, 2.05) is 119 Å². The zero-order valence-electron chi connectivity index (χ0n) is 29.5. The van der Waals surface area contributed by atoms with Gasteiger partial charge in [0.1, 0.15) is 18.7 Å². The second kappa shape index (κ2) is 20.6. The first kappa shape index (κ1) is 38.7. The highest BCUT2D eigenvalue weighted by molar-refractivity contribution is 5.91. The summed E-state index contributed by atoms with van der Waals surface area (Å²) in [6.45, 7) is 9.75. The van der Waals surface area contributed by atoms with Gasteiger partial charge in [0.15, 0.2) is 0 Å². The van der Waals surface area contributed by atoms with Crippen molar-refractivity contribution >= 4 is 23.8 Å². The van der Waals surface area contributed by atoms with Crippen LogP contribution in [0.4, 0.5) is 4.79 Å². The van der Waals surface area contributed by atoms with Crippen LogP contribution in [-0.2, 0) is 43.6 Å². The van der Waals surface area contributed by atoms with Crippen LogP contribution in [-0.4, -0.2) is 52.5 Å². The van der Waals surface area contributed by atoms with Crippen LogP contribution >= 0.6 is 0 Å². The maximum atomic E-state index is 14.2. The molecule has 0 aliphatic carbocycles. The first-order valence-corrected chi connectivity index (χ1v) is 17.1. The van der Waals surface area contributed by atoms with E-state index in [4.69, 9.17) is 9.57 Å². The van der Waals surface area contributed by atoms with Crippen LogP contribution in [0.2, 0.25) is 0 Å². The fourth-order valence-electron chi connectivity index (χ4n) is 5.20. The van der Waals surface area contributed by atoms with E-state index in [0.717, 1.165) is 16.7 Å². The fraction of sp³-hybridized carbons (Fsp3) is 0.436. The van der Waals surface area contributed by atoms with Gasteiger partial charge in [0, 0.05) is 13.0 Å². The molecule has 0 fully saturated rings. The summed E-state index contributed by atoms with van der Waals surface area (Å²) in [5.41, 5.74) is 5.33. The third-order valence-electron chi connectivity index (χ3n) is 7.80. The lowest BCUT2D eigenvalue weighted by Crippen LogP contribution is -2.62. The summed E-state index contributed by atoms with van der Waals surface area (Å²) in [7, 11) is 0. The Morgan fingerprint density at radius 1 is 0.694 bits per heavy atom. The van der Waals surface area contributed by atoms with Gasteiger partial charge >= 0.3 is 6.09 Å². The molecule has 0 spiro atoms. The van der Waals surface area contributed by atoms with E-state index < -0.39 is 30.0 Å². The number of hydroxylamine groups is 1. The largest absolute Gasteiger partial charge is 0.445 e. The third-order valence-corrected chi connectivity index (χ3v) is 7.80. The number of hydrogen-bond acceptors (Lipinski definition) is 6. The second-order valence-corrected chi connectivity index (χ2v) is 13.0. The summed E-state index contributed by atoms with van der Waals surface area (Å²) in [5, 5.41) is 5.26. The molecule has 0 aromatic heterocycles. The number of aryl methyl sites for hydroxylation is 1. The molecule has 264 valence electrons. The Kier molecular flexibility index (Phi) is 16.3. The molecule has 4 amide bonds. The van der Waals surface area contributed by atoms with Gasteiger partial charge < -0.3 is 10.1 Å². The molecule has 0 aliphatic rings. The summed E-state index contributed by atoms with van der Waals surface area (Å²) in [4.78, 5) is 60.7. The molecule has 3 rings (SSSR count). The van der Waals surface area contributed by atoms with Crippen molar-refractivity contribution < 1.29 is 28.8 Å². The van der Waals surface area contributed by atoms with Crippen molar-refractivity contribution in [2.45, 2.75) is 92.0 Å². The molecule has 1 unspecified atom stereocenters. The molecule has 2 atom stereocenters. The van der Waals surface area contributed by atoms with Crippen molar-refractivity contribution in [3.05, 3.63) is 108 Å². The van der Waals surface area contributed by atoms with E-state index in [1.165, 1.54) is 10.0 Å². The lowest BCUT2D eigenvalue weighted by molar-refractivity contribution is -0.177. The molecule has 2 N–H and O–H groups in total. The zero-order chi connectivity index (χ0) is 35.6. The number of benzene rings is 3. The molecular formula is C39H52N4O6. The number of nitrogens with zero attached hydrogens (tertiary/aromatic N) is 2. The lowest BCUT2D eigenvalue weighted by Gasteiger charge is -2.41. The Balaban J connectivity index is 1.88. The molecule has 10 nitrogen and oxygen atoms in total. The maximum Gasteiger partial charge on any atom is 0.408 e. The topological polar surface area (TPSA) is 117 Å². The Hall–Kier alpha value is -4.70. The first-order valence-electron chi connectivity index (χ1n) is 17.1. The molecular weight excluding hydrogens is 620 g/mol. The fourth-order valence-corrected chi connectivity index (χ4v) is 5.20. The average molecular weight is 673 g/mol. The molecule has 0 aliphatic heterocycles. The molecule has 0 saturated heterocycles. The van der Waals surface area contributed by atoms with Gasteiger partial charge in [-0.2, -0.15) is 0 Å². The number of amides is 4. The number of hydrazine groups is 1. The van der Waals surface area contributed by atoms with E-state index >= 15 is 0 Å². The quantitative estimate of drug-likeness (QED) is 0.147. The molecule has 49 heavy (non-hydrogen) atoms. The monoisotopic (exact) mass is 672 g/mol. The van der Waals surface area contributed by atoms with Gasteiger partial charge in [-0.05, 0) is 61.1 Å². The first-order chi connectivity index (χ1) is 23.5. The van der Waals surface area contributed by atoms with E-state index in [9.17, 15) is 19.2 Å². The van der Waals surface area contributed by atoms with Gasteiger partial charge in [-0.1, -0.05) is 119 Å². The number of rotatable bonds is 18. The van der Waals surface area contributed by atoms with Crippen molar-refractivity contribution in [2.75, 3.05) is 6.54 Å². The van der Waals surface area contributed by atoms with Crippen molar-refractivity contribution in [3.63, 3.8) is 0 Å². The predicted molar refractivity (Wildman–Crippen MR) is 189 cm³/mol. The molecule has 0 bridgehead atoms. The molecule has 0 saturated carbocycles. The highest BCUT2D eigenvalue weighted by atomic mass is 16.7. The normalized spacial score (nSPS) is 12.2. The summed E-state index contributed by atoms with van der Waals surface area (Å²) < 4.78 is 5.36. The Morgan fingerprint density at radius 3 is 1.80 bits per heavy atom. The van der Waals surface area contributed by atoms with E-state index in [-0.39, 0.29) is 50.3 Å². The smallest absolute Gasteiger partial charge is 0.408 e. The number of hydrogen-bond donors (Lipinski definition) is 2. The predicted octanol–water partition coefficient (Wildman–Crippen LogP) is 6.61. The third kappa shape index (κ3) is 13.7. The molecule has 3 aromatic rings. The summed E-state index contributed by atoms with van der Waals surface area (Å²) in [5.74, 6) is -1.27. The van der Waals surface area contributed by atoms with Gasteiger partial charge in [0.25, 0.3) is 11.8 Å². The van der Waals surface area contributed by atoms with E-state index in [0.29, 0.717) is 19.3 Å². The number of carbonyl (C=O) groups excluding carboxylic acids is 4. The second-order valence-electron chi connectivity index (χ2n) is 13.0. The Morgan fingerprint density at radius 2 is 1.24 bits per heavy atom. The van der Waals surface area contributed by atoms with Gasteiger partial charge in [0.05, 0.1) is 6.61 Å². The number of alkyl carbamates (subject to hydrolysis) is 1. The summed E-state index contributed by atoms with van der Waals surface area (Å²) >= 11 is 0. The highest BCUT2D eigenvalue weighted by Gasteiger charge is 2.38. The van der Waals surface area contributed by atoms with Crippen molar-refractivity contribution in [1.82, 2.24) is 20.8 Å². The number of nitrogens with one attached hydrogen (secondary N) is 2. The van der Waals surface area contributed by atoms with Crippen LogP contribution in [0.15, 0.2) is 91.0 Å². The molecule has 0 radical (unpaired) electrons. The van der Waals surface area contributed by atoms with Crippen LogP contribution in [0.5, 0.6) is 0 Å². The van der Waals surface area contributed by atoms with Crippen molar-refractivity contribution in [1.29, 1.82) is 0 Å². The van der Waals surface area contributed by atoms with Crippen molar-refractivity contribution in [2.24, 2.45) is 11.8 Å². The van der Waals surface area contributed by atoms with Crippen LogP contribution in [0.1, 0.15) is 77.0 Å². The van der Waals surface area contributed by atoms with Gasteiger partial charge in [0.2, 0.25) is 5.91 Å². The zero-order valence-corrected chi connectivity index (χ0v) is 29.5. The standard InChI is InChI=1S/C39H52N4O6/c1-29(2)24-25-36(44)43(42(26-30(3)4)38(46)31(5)40-39(47)48-27-33-18-11-7-12-19-33)35(23-15-22-32-16-9-6-10-17-32)37(45)41-49-28-34-20-13-8-14-21-34/h6-14,16-21,29-31,35H,15,22-28H2,1-5H3,(H,40,47)(H,41,45)/t31-,35?/m1/s1. The molecule has 0 heterocycles. The van der Waals surface area contributed by atoms with Gasteiger partial charge in [-0.15, -0.1) is 0 Å². The molecule has 10 heteroatoms. The average Bonchev–Trinajstić information content (AvgIpc) is 3.09. The molecule has 3 aromatic carbocycles. The Labute approximate surface area is 291 Å². The van der Waals surface area contributed by atoms with Crippen molar-refractivity contribution in [3.8, 4) is 0 Å². The van der Waals surface area contributed by atoms with Gasteiger partial charge in [-0.25, -0.2) is 20.3 Å². The maximum absolute atomic E-state index is 14.2. The van der Waals surface area contributed by atoms with E-state index in [1.54, 1.807) is 6.92 Å². The SMILES string of the molecule is CC(C)CCC(=O)N(C(CCCc1ccccc1)C(=O)NOCc1ccccc1)N(CC(C)C)C(=O)[C@@H](C)NC(=O)OCc1ccccc1. The van der Waals surface area contributed by atoms with Gasteiger partial charge in [-0.3, -0.25) is 19.2 Å². The van der Waals surface area contributed by atoms with Crippen LogP contribution < -0.4 is 10.8 Å². The van der Waals surface area contributed by atoms with Crippen LogP contribution in [0.3, 0.4) is 0 Å². The minimum absolute atomic E-state index is 0.0374. The summed E-state index contributed by atoms with van der Waals surface area (Å²) in [6, 6.07) is 26.4. The summed E-state index contributed by atoms with van der Waals surface area (Å²) in [6.07, 6.45) is 1.45. The van der Waals surface area contributed by atoms with Crippen LogP contribution in [0.25, 0.3) is 0 Å².